The molecule has 7 nitrogen and oxygen atoms in total. The highest BCUT2D eigenvalue weighted by Crippen LogP contribution is 2.28. The van der Waals surface area contributed by atoms with E-state index in [-0.39, 0.29) is 5.91 Å². The van der Waals surface area contributed by atoms with Crippen LogP contribution in [0.4, 0.5) is 0 Å². The lowest BCUT2D eigenvalue weighted by Gasteiger charge is -2.38. The fraction of sp³-hybridized carbons (Fsp3) is 0.571. The summed E-state index contributed by atoms with van der Waals surface area (Å²) in [5.41, 5.74) is 3.40. The SMILES string of the molecule is C=C(/N=C(\C1=C(C)CN(Cc2ccccc2)C(=O)C1)N1CC2CCC(C1)N2)OC[C@@H]1CCCN1C. The van der Waals surface area contributed by atoms with Crippen molar-refractivity contribution < 1.29 is 9.53 Å². The van der Waals surface area contributed by atoms with Gasteiger partial charge in [0.2, 0.25) is 11.8 Å². The van der Waals surface area contributed by atoms with Gasteiger partial charge in [0, 0.05) is 49.9 Å². The van der Waals surface area contributed by atoms with Crippen LogP contribution in [0.3, 0.4) is 0 Å². The number of piperazine rings is 1. The maximum absolute atomic E-state index is 13.3. The summed E-state index contributed by atoms with van der Waals surface area (Å²) in [6.45, 7) is 11.1. The molecule has 3 fully saturated rings. The van der Waals surface area contributed by atoms with Crippen molar-refractivity contribution in [3.05, 3.63) is 59.5 Å². The van der Waals surface area contributed by atoms with E-state index in [1.54, 1.807) is 0 Å². The molecule has 3 atom stereocenters. The van der Waals surface area contributed by atoms with Crippen LogP contribution in [0.15, 0.2) is 58.9 Å². The number of carbonyl (C=O) groups excluding carboxylic acids is 1. The molecule has 4 aliphatic rings. The van der Waals surface area contributed by atoms with Gasteiger partial charge in [-0.3, -0.25) is 4.79 Å². The van der Waals surface area contributed by atoms with Gasteiger partial charge in [-0.15, -0.1) is 0 Å². The standard InChI is InChI=1S/C28H39N5O2/c1-20-15-32(16-22-8-5-4-6-9-22)27(34)14-26(20)28(33-17-23-11-12-24(18-33)30-23)29-21(2)35-19-25-10-7-13-31(25)3/h4-6,8-9,23-25,30H,2,7,10-19H2,1,3H3/b29-28+/t23?,24?,25-/m0/s1. The number of hydrogen-bond donors (Lipinski definition) is 1. The lowest BCUT2D eigenvalue weighted by Crippen LogP contribution is -2.54. The third-order valence-corrected chi connectivity index (χ3v) is 7.97. The minimum atomic E-state index is 0.152. The number of carbonyl (C=O) groups is 1. The zero-order valence-corrected chi connectivity index (χ0v) is 21.2. The van der Waals surface area contributed by atoms with Gasteiger partial charge in [-0.05, 0) is 63.9 Å². The third-order valence-electron chi connectivity index (χ3n) is 7.97. The van der Waals surface area contributed by atoms with Crippen LogP contribution in [-0.4, -0.2) is 84.4 Å². The first-order valence-corrected chi connectivity index (χ1v) is 13.1. The van der Waals surface area contributed by atoms with Crippen molar-refractivity contribution >= 4 is 11.7 Å². The molecule has 1 N–H and O–H groups in total. The zero-order chi connectivity index (χ0) is 24.4. The molecule has 5 rings (SSSR count). The highest BCUT2D eigenvalue weighted by molar-refractivity contribution is 6.04. The Labute approximate surface area is 209 Å². The Bertz CT molecular complexity index is 992. The van der Waals surface area contributed by atoms with E-state index in [9.17, 15) is 4.79 Å². The Balaban J connectivity index is 1.35. The predicted molar refractivity (Wildman–Crippen MR) is 139 cm³/mol. The number of aliphatic imine (C=N–C) groups is 1. The molecular weight excluding hydrogens is 438 g/mol. The number of likely N-dealkylation sites (N-methyl/N-ethyl adjacent to an activating group) is 1. The second kappa shape index (κ2) is 10.5. The molecule has 0 aromatic heterocycles. The fourth-order valence-electron chi connectivity index (χ4n) is 5.93. The van der Waals surface area contributed by atoms with Gasteiger partial charge in [0.05, 0.1) is 6.42 Å². The van der Waals surface area contributed by atoms with Gasteiger partial charge in [0.25, 0.3) is 0 Å². The molecule has 1 amide bonds. The number of nitrogens with one attached hydrogen (secondary N) is 1. The minimum absolute atomic E-state index is 0.152. The van der Waals surface area contributed by atoms with E-state index in [0.29, 0.717) is 50.1 Å². The first-order chi connectivity index (χ1) is 17.0. The molecule has 35 heavy (non-hydrogen) atoms. The number of amidine groups is 1. The average Bonchev–Trinajstić information content (AvgIpc) is 3.42. The number of ether oxygens (including phenoxy) is 1. The first-order valence-electron chi connectivity index (χ1n) is 13.1. The molecule has 2 unspecified atom stereocenters. The molecule has 7 heteroatoms. The summed E-state index contributed by atoms with van der Waals surface area (Å²) in [5, 5.41) is 3.71. The van der Waals surface area contributed by atoms with E-state index in [0.717, 1.165) is 43.0 Å². The monoisotopic (exact) mass is 477 g/mol. The quantitative estimate of drug-likeness (QED) is 0.371. The van der Waals surface area contributed by atoms with Gasteiger partial charge >= 0.3 is 0 Å². The van der Waals surface area contributed by atoms with Gasteiger partial charge in [0.15, 0.2) is 0 Å². The lowest BCUT2D eigenvalue weighted by atomic mass is 9.97. The van der Waals surface area contributed by atoms with Crippen LogP contribution in [0.5, 0.6) is 0 Å². The molecule has 2 bridgehead atoms. The van der Waals surface area contributed by atoms with Crippen molar-refractivity contribution in [1.82, 2.24) is 20.0 Å². The molecule has 3 saturated heterocycles. The summed E-state index contributed by atoms with van der Waals surface area (Å²) in [4.78, 5) is 24.9. The number of benzene rings is 1. The van der Waals surface area contributed by atoms with Crippen LogP contribution >= 0.6 is 0 Å². The van der Waals surface area contributed by atoms with Crippen LogP contribution in [0.1, 0.15) is 44.6 Å². The van der Waals surface area contributed by atoms with Gasteiger partial charge in [-0.25, -0.2) is 0 Å². The summed E-state index contributed by atoms with van der Waals surface area (Å²) in [6.07, 6.45) is 5.12. The molecule has 188 valence electrons. The van der Waals surface area contributed by atoms with Gasteiger partial charge < -0.3 is 24.8 Å². The van der Waals surface area contributed by atoms with Crippen molar-refractivity contribution in [3.63, 3.8) is 0 Å². The second-order valence-corrected chi connectivity index (χ2v) is 10.6. The molecule has 0 radical (unpaired) electrons. The van der Waals surface area contributed by atoms with E-state index in [1.807, 2.05) is 23.1 Å². The normalized spacial score (nSPS) is 27.7. The Kier molecular flexibility index (Phi) is 7.25. The van der Waals surface area contributed by atoms with Crippen LogP contribution in [0.2, 0.25) is 0 Å². The third kappa shape index (κ3) is 5.62. The van der Waals surface area contributed by atoms with E-state index in [2.05, 4.69) is 47.8 Å². The van der Waals surface area contributed by atoms with Crippen molar-refractivity contribution in [2.24, 2.45) is 4.99 Å². The van der Waals surface area contributed by atoms with Crippen molar-refractivity contribution in [3.8, 4) is 0 Å². The Morgan fingerprint density at radius 2 is 1.91 bits per heavy atom. The molecule has 0 saturated carbocycles. The maximum Gasteiger partial charge on any atom is 0.227 e. The Morgan fingerprint density at radius 1 is 1.17 bits per heavy atom. The predicted octanol–water partition coefficient (Wildman–Crippen LogP) is 3.15. The Morgan fingerprint density at radius 3 is 2.60 bits per heavy atom. The lowest BCUT2D eigenvalue weighted by molar-refractivity contribution is -0.131. The summed E-state index contributed by atoms with van der Waals surface area (Å²) < 4.78 is 6.06. The summed E-state index contributed by atoms with van der Waals surface area (Å²) >= 11 is 0. The summed E-state index contributed by atoms with van der Waals surface area (Å²) in [6, 6.07) is 11.6. The Hall–Kier alpha value is -2.64. The van der Waals surface area contributed by atoms with Crippen molar-refractivity contribution in [1.29, 1.82) is 0 Å². The van der Waals surface area contributed by atoms with Crippen molar-refractivity contribution in [2.75, 3.05) is 39.8 Å². The summed E-state index contributed by atoms with van der Waals surface area (Å²) in [5.74, 6) is 1.49. The number of amides is 1. The van der Waals surface area contributed by atoms with Gasteiger partial charge in [-0.1, -0.05) is 30.3 Å². The number of fused-ring (bicyclic) bond motifs is 2. The highest BCUT2D eigenvalue weighted by Gasteiger charge is 2.36. The number of likely N-dealkylation sites (tertiary alicyclic amines) is 2. The largest absolute Gasteiger partial charge is 0.476 e. The van der Waals surface area contributed by atoms with E-state index in [4.69, 9.17) is 9.73 Å². The molecule has 0 aliphatic carbocycles. The van der Waals surface area contributed by atoms with Gasteiger partial charge in [-0.2, -0.15) is 4.99 Å². The highest BCUT2D eigenvalue weighted by atomic mass is 16.5. The number of rotatable bonds is 7. The van der Waals surface area contributed by atoms with E-state index >= 15 is 0 Å². The van der Waals surface area contributed by atoms with Crippen LogP contribution in [-0.2, 0) is 16.1 Å². The van der Waals surface area contributed by atoms with Crippen LogP contribution < -0.4 is 5.32 Å². The smallest absolute Gasteiger partial charge is 0.227 e. The van der Waals surface area contributed by atoms with E-state index in [1.165, 1.54) is 24.8 Å². The van der Waals surface area contributed by atoms with Crippen molar-refractivity contribution in [2.45, 2.75) is 63.7 Å². The molecule has 1 aromatic rings. The first kappa shape index (κ1) is 24.1. The molecule has 0 spiro atoms. The minimum Gasteiger partial charge on any atom is -0.476 e. The fourth-order valence-corrected chi connectivity index (χ4v) is 5.93. The van der Waals surface area contributed by atoms with Crippen LogP contribution in [0.25, 0.3) is 0 Å². The van der Waals surface area contributed by atoms with Gasteiger partial charge in [0.1, 0.15) is 12.4 Å². The molecule has 4 heterocycles. The molecule has 1 aromatic carbocycles. The molecule has 4 aliphatic heterocycles. The zero-order valence-electron chi connectivity index (χ0n) is 21.2. The van der Waals surface area contributed by atoms with Crippen LogP contribution in [0, 0.1) is 0 Å². The number of nitrogens with zero attached hydrogens (tertiary/aromatic N) is 4. The molecular formula is C28H39N5O2. The van der Waals surface area contributed by atoms with E-state index < -0.39 is 0 Å². The summed E-state index contributed by atoms with van der Waals surface area (Å²) in [7, 11) is 2.15. The number of hydrogen-bond acceptors (Lipinski definition) is 5. The second-order valence-electron chi connectivity index (χ2n) is 10.6. The topological polar surface area (TPSA) is 60.4 Å². The average molecular weight is 478 g/mol. The maximum atomic E-state index is 13.3.